The van der Waals surface area contributed by atoms with Gasteiger partial charge in [0.2, 0.25) is 0 Å². The topological polar surface area (TPSA) is 74.6 Å². The number of hydrogen-bond donors (Lipinski definition) is 2. The molecule has 0 bridgehead atoms. The molecule has 1 aromatic carbocycles. The van der Waals surface area contributed by atoms with Crippen molar-refractivity contribution in [1.29, 1.82) is 0 Å². The Morgan fingerprint density at radius 3 is 2.17 bits per heavy atom. The Morgan fingerprint density at radius 2 is 1.70 bits per heavy atom. The van der Waals surface area contributed by atoms with Crippen molar-refractivity contribution < 1.29 is 19.8 Å². The molecule has 0 saturated heterocycles. The lowest BCUT2D eigenvalue weighted by molar-refractivity contribution is 0.0650. The first-order valence-corrected chi connectivity index (χ1v) is 8.41. The van der Waals surface area contributed by atoms with Crippen molar-refractivity contribution in [2.75, 3.05) is 0 Å². The van der Waals surface area contributed by atoms with Gasteiger partial charge in [-0.15, -0.1) is 0 Å². The van der Waals surface area contributed by atoms with Crippen LogP contribution in [0.25, 0.3) is 0 Å². The Kier molecular flexibility index (Phi) is 7.27. The molecule has 0 aromatic heterocycles. The minimum absolute atomic E-state index is 0.0279. The van der Waals surface area contributed by atoms with E-state index in [1.807, 2.05) is 0 Å². The van der Waals surface area contributed by atoms with Crippen molar-refractivity contribution in [2.45, 2.75) is 65.7 Å². The molecule has 0 aliphatic carbocycles. The Morgan fingerprint density at radius 1 is 1.04 bits per heavy atom. The molecule has 23 heavy (non-hydrogen) atoms. The largest absolute Gasteiger partial charge is 0.478 e. The quantitative estimate of drug-likeness (QED) is 0.630. The Balaban J connectivity index is 3.25. The van der Waals surface area contributed by atoms with Crippen molar-refractivity contribution in [1.82, 2.24) is 0 Å². The Hall–Kier alpha value is -1.84. The van der Waals surface area contributed by atoms with Crippen molar-refractivity contribution in [3.05, 3.63) is 34.4 Å². The fraction of sp³-hybridized carbons (Fsp3) is 0.579. The van der Waals surface area contributed by atoms with Crippen LogP contribution in [0.15, 0.2) is 12.1 Å². The van der Waals surface area contributed by atoms with E-state index in [9.17, 15) is 19.8 Å². The molecule has 0 saturated carbocycles. The minimum Gasteiger partial charge on any atom is -0.478 e. The lowest BCUT2D eigenvalue weighted by Gasteiger charge is -2.19. The van der Waals surface area contributed by atoms with Crippen LogP contribution in [-0.2, 0) is 6.42 Å². The van der Waals surface area contributed by atoms with E-state index in [2.05, 4.69) is 27.7 Å². The summed E-state index contributed by atoms with van der Waals surface area (Å²) < 4.78 is 0. The van der Waals surface area contributed by atoms with Gasteiger partial charge >= 0.3 is 11.9 Å². The number of carboxylic acids is 2. The van der Waals surface area contributed by atoms with E-state index >= 15 is 0 Å². The fourth-order valence-corrected chi connectivity index (χ4v) is 2.89. The van der Waals surface area contributed by atoms with Crippen LogP contribution < -0.4 is 0 Å². The molecule has 0 amide bonds. The van der Waals surface area contributed by atoms with Gasteiger partial charge in [-0.2, -0.15) is 0 Å². The smallest absolute Gasteiger partial charge is 0.336 e. The third kappa shape index (κ3) is 5.08. The van der Waals surface area contributed by atoms with Crippen molar-refractivity contribution in [3.63, 3.8) is 0 Å². The molecular weight excluding hydrogens is 292 g/mol. The Labute approximate surface area is 138 Å². The van der Waals surface area contributed by atoms with Gasteiger partial charge in [0.05, 0.1) is 11.1 Å². The predicted molar refractivity (Wildman–Crippen MR) is 91.5 cm³/mol. The van der Waals surface area contributed by atoms with Crippen molar-refractivity contribution >= 4 is 11.9 Å². The molecular formula is C19H28O4. The van der Waals surface area contributed by atoms with Crippen LogP contribution in [0, 0.1) is 5.92 Å². The van der Waals surface area contributed by atoms with Gasteiger partial charge in [-0.1, -0.05) is 46.6 Å². The van der Waals surface area contributed by atoms with Crippen LogP contribution in [0.1, 0.15) is 91.1 Å². The van der Waals surface area contributed by atoms with Gasteiger partial charge in [-0.25, -0.2) is 9.59 Å². The second kappa shape index (κ2) is 8.70. The molecule has 0 fully saturated rings. The lowest BCUT2D eigenvalue weighted by Crippen LogP contribution is -2.15. The molecule has 0 spiro atoms. The number of rotatable bonds is 9. The number of benzene rings is 1. The molecule has 1 rings (SSSR count). The highest BCUT2D eigenvalue weighted by molar-refractivity contribution is 6.03. The Bertz CT molecular complexity index is 561. The second-order valence-corrected chi connectivity index (χ2v) is 6.62. The zero-order valence-corrected chi connectivity index (χ0v) is 14.6. The predicted octanol–water partition coefficient (Wildman–Crippen LogP) is 4.97. The minimum atomic E-state index is -1.18. The molecule has 0 radical (unpaired) electrons. The molecule has 0 aliphatic rings. The SMILES string of the molecule is CCC(C)c1ccc(C(=O)O)c(C(=O)O)c1CCCCC(C)C. The fourth-order valence-electron chi connectivity index (χ4n) is 2.89. The van der Waals surface area contributed by atoms with Crippen molar-refractivity contribution in [3.8, 4) is 0 Å². The molecule has 0 aliphatic heterocycles. The summed E-state index contributed by atoms with van der Waals surface area (Å²) in [6.07, 6.45) is 4.51. The van der Waals surface area contributed by atoms with Crippen LogP contribution in [0.2, 0.25) is 0 Å². The van der Waals surface area contributed by atoms with E-state index in [4.69, 9.17) is 0 Å². The van der Waals surface area contributed by atoms with E-state index in [0.717, 1.165) is 31.2 Å². The van der Waals surface area contributed by atoms with Crippen LogP contribution >= 0.6 is 0 Å². The van der Waals surface area contributed by atoms with E-state index in [0.29, 0.717) is 17.9 Å². The molecule has 0 heterocycles. The number of aromatic carboxylic acids is 2. The van der Waals surface area contributed by atoms with E-state index < -0.39 is 11.9 Å². The van der Waals surface area contributed by atoms with Gasteiger partial charge < -0.3 is 10.2 Å². The summed E-state index contributed by atoms with van der Waals surface area (Å²) in [5.74, 6) is -1.49. The summed E-state index contributed by atoms with van der Waals surface area (Å²) in [4.78, 5) is 23.1. The zero-order chi connectivity index (χ0) is 17.6. The molecule has 4 nitrogen and oxygen atoms in total. The standard InChI is InChI=1S/C19H28O4/c1-5-13(4)14-10-11-16(18(20)21)17(19(22)23)15(14)9-7-6-8-12(2)3/h10-13H,5-9H2,1-4H3,(H,20,21)(H,22,23). The van der Waals surface area contributed by atoms with Gasteiger partial charge in [-0.05, 0) is 48.3 Å². The molecule has 4 heteroatoms. The summed E-state index contributed by atoms with van der Waals surface area (Å²) in [6, 6.07) is 3.23. The average Bonchev–Trinajstić information content (AvgIpc) is 2.49. The first kappa shape index (κ1) is 19.2. The molecule has 2 N–H and O–H groups in total. The lowest BCUT2D eigenvalue weighted by atomic mass is 9.85. The van der Waals surface area contributed by atoms with Crippen molar-refractivity contribution in [2.24, 2.45) is 5.92 Å². The highest BCUT2D eigenvalue weighted by atomic mass is 16.4. The maximum Gasteiger partial charge on any atom is 0.336 e. The van der Waals surface area contributed by atoms with Crippen LogP contribution in [0.5, 0.6) is 0 Å². The summed E-state index contributed by atoms with van der Waals surface area (Å²) in [6.45, 7) is 8.44. The number of unbranched alkanes of at least 4 members (excludes halogenated alkanes) is 1. The van der Waals surface area contributed by atoms with Gasteiger partial charge in [0.1, 0.15) is 0 Å². The molecule has 1 unspecified atom stereocenters. The number of carboxylic acid groups (broad SMARTS) is 2. The van der Waals surface area contributed by atoms with Crippen LogP contribution in [0.3, 0.4) is 0 Å². The van der Waals surface area contributed by atoms with E-state index in [-0.39, 0.29) is 17.0 Å². The van der Waals surface area contributed by atoms with Crippen LogP contribution in [-0.4, -0.2) is 22.2 Å². The average molecular weight is 320 g/mol. The molecule has 1 aromatic rings. The van der Waals surface area contributed by atoms with E-state index in [1.165, 1.54) is 6.07 Å². The summed E-state index contributed by atoms with van der Waals surface area (Å²) in [5, 5.41) is 18.9. The highest BCUT2D eigenvalue weighted by Gasteiger charge is 2.24. The summed E-state index contributed by atoms with van der Waals surface area (Å²) in [7, 11) is 0. The summed E-state index contributed by atoms with van der Waals surface area (Å²) in [5.41, 5.74) is 1.54. The van der Waals surface area contributed by atoms with Gasteiger partial charge in [-0.3, -0.25) is 0 Å². The van der Waals surface area contributed by atoms with Gasteiger partial charge in [0.15, 0.2) is 0 Å². The van der Waals surface area contributed by atoms with Gasteiger partial charge in [0, 0.05) is 0 Å². The summed E-state index contributed by atoms with van der Waals surface area (Å²) >= 11 is 0. The first-order valence-electron chi connectivity index (χ1n) is 8.41. The number of carbonyl (C=O) groups is 2. The maximum atomic E-state index is 11.7. The normalized spacial score (nSPS) is 12.4. The van der Waals surface area contributed by atoms with E-state index in [1.54, 1.807) is 6.07 Å². The molecule has 1 atom stereocenters. The van der Waals surface area contributed by atoms with Gasteiger partial charge in [0.25, 0.3) is 0 Å². The zero-order valence-electron chi connectivity index (χ0n) is 14.6. The highest BCUT2D eigenvalue weighted by Crippen LogP contribution is 2.29. The maximum absolute atomic E-state index is 11.7. The monoisotopic (exact) mass is 320 g/mol. The third-order valence-electron chi connectivity index (χ3n) is 4.39. The molecule has 128 valence electrons. The van der Waals surface area contributed by atoms with Crippen LogP contribution in [0.4, 0.5) is 0 Å². The third-order valence-corrected chi connectivity index (χ3v) is 4.39. The second-order valence-electron chi connectivity index (χ2n) is 6.62. The number of hydrogen-bond acceptors (Lipinski definition) is 2. The first-order chi connectivity index (χ1) is 10.8.